The van der Waals surface area contributed by atoms with Gasteiger partial charge in [-0.05, 0) is 50.3 Å². The molecule has 2 aliphatic heterocycles. The van der Waals surface area contributed by atoms with Gasteiger partial charge in [-0.1, -0.05) is 30.3 Å². The molecule has 0 bridgehead atoms. The van der Waals surface area contributed by atoms with E-state index in [-0.39, 0.29) is 11.5 Å². The van der Waals surface area contributed by atoms with Crippen molar-refractivity contribution in [3.8, 4) is 0 Å². The molecule has 2 saturated heterocycles. The van der Waals surface area contributed by atoms with Crippen LogP contribution in [-0.4, -0.2) is 45.1 Å². The number of aromatic nitrogens is 2. The quantitative estimate of drug-likeness (QED) is 0.766. The Morgan fingerprint density at radius 2 is 1.89 bits per heavy atom. The molecule has 27 heavy (non-hydrogen) atoms. The molecule has 3 aliphatic rings. The van der Waals surface area contributed by atoms with Crippen LogP contribution in [-0.2, 0) is 18.4 Å². The Morgan fingerprint density at radius 3 is 2.52 bits per heavy atom. The Labute approximate surface area is 161 Å². The van der Waals surface area contributed by atoms with Crippen LogP contribution in [0.1, 0.15) is 42.9 Å². The molecule has 1 saturated carbocycles. The van der Waals surface area contributed by atoms with Crippen molar-refractivity contribution in [1.82, 2.24) is 19.6 Å². The van der Waals surface area contributed by atoms with Crippen LogP contribution in [0.5, 0.6) is 0 Å². The van der Waals surface area contributed by atoms with Gasteiger partial charge >= 0.3 is 0 Å². The van der Waals surface area contributed by atoms with E-state index in [4.69, 9.17) is 0 Å². The summed E-state index contributed by atoms with van der Waals surface area (Å²) >= 11 is 0. The number of β-lactam (4-membered cyclic amide) rings is 1. The van der Waals surface area contributed by atoms with Crippen LogP contribution in [0.25, 0.3) is 0 Å². The van der Waals surface area contributed by atoms with Gasteiger partial charge < -0.3 is 4.90 Å². The number of carbonyl (C=O) groups is 1. The van der Waals surface area contributed by atoms with E-state index < -0.39 is 0 Å². The van der Waals surface area contributed by atoms with Gasteiger partial charge in [-0.15, -0.1) is 0 Å². The highest BCUT2D eigenvalue weighted by Gasteiger charge is 2.61. The molecule has 142 valence electrons. The Hall–Kier alpha value is -2.14. The number of amides is 1. The average Bonchev–Trinajstić information content (AvgIpc) is 3.43. The second-order valence-corrected chi connectivity index (χ2v) is 8.67. The highest BCUT2D eigenvalue weighted by Crippen LogP contribution is 2.57. The first-order valence-corrected chi connectivity index (χ1v) is 10.2. The Morgan fingerprint density at radius 1 is 1.15 bits per heavy atom. The van der Waals surface area contributed by atoms with Gasteiger partial charge in [0.2, 0.25) is 5.91 Å². The second kappa shape index (κ2) is 6.48. The summed E-state index contributed by atoms with van der Waals surface area (Å²) < 4.78 is 1.86. The van der Waals surface area contributed by atoms with Crippen LogP contribution in [0.15, 0.2) is 42.7 Å². The molecule has 0 N–H and O–H groups in total. The molecule has 3 heterocycles. The zero-order valence-corrected chi connectivity index (χ0v) is 16.1. The molecule has 1 aliphatic carbocycles. The van der Waals surface area contributed by atoms with Gasteiger partial charge in [0.15, 0.2) is 0 Å². The fourth-order valence-electron chi connectivity index (χ4n) is 5.06. The number of carbonyl (C=O) groups excluding carboxylic acids is 1. The summed E-state index contributed by atoms with van der Waals surface area (Å²) in [5, 5.41) is 4.27. The molecule has 1 aromatic heterocycles. The second-order valence-electron chi connectivity index (χ2n) is 8.67. The first-order chi connectivity index (χ1) is 13.2. The minimum Gasteiger partial charge on any atom is -0.334 e. The van der Waals surface area contributed by atoms with Crippen LogP contribution in [0.2, 0.25) is 0 Å². The van der Waals surface area contributed by atoms with Crippen molar-refractivity contribution in [3.63, 3.8) is 0 Å². The maximum Gasteiger partial charge on any atom is 0.231 e. The zero-order chi connectivity index (χ0) is 18.4. The topological polar surface area (TPSA) is 41.4 Å². The van der Waals surface area contributed by atoms with Crippen LogP contribution in [0.4, 0.5) is 0 Å². The number of likely N-dealkylation sites (tertiary alicyclic amines) is 2. The lowest BCUT2D eigenvalue weighted by molar-refractivity contribution is -0.181. The third kappa shape index (κ3) is 2.98. The van der Waals surface area contributed by atoms with Crippen LogP contribution < -0.4 is 0 Å². The maximum atomic E-state index is 13.2. The van der Waals surface area contributed by atoms with Crippen molar-refractivity contribution in [1.29, 1.82) is 0 Å². The predicted octanol–water partition coefficient (Wildman–Crippen LogP) is 3.00. The smallest absolute Gasteiger partial charge is 0.231 e. The van der Waals surface area contributed by atoms with Gasteiger partial charge in [-0.25, -0.2) is 0 Å². The lowest BCUT2D eigenvalue weighted by atomic mass is 9.62. The third-order valence-corrected chi connectivity index (χ3v) is 6.70. The Kier molecular flexibility index (Phi) is 4.08. The zero-order valence-electron chi connectivity index (χ0n) is 16.1. The summed E-state index contributed by atoms with van der Waals surface area (Å²) in [6, 6.07) is 11.0. The normalized spacial score (nSPS) is 25.0. The van der Waals surface area contributed by atoms with Crippen molar-refractivity contribution >= 4 is 5.91 Å². The van der Waals surface area contributed by atoms with Gasteiger partial charge in [0.1, 0.15) is 0 Å². The number of piperidine rings is 1. The fraction of sp³-hybridized carbons (Fsp3) is 0.545. The number of benzene rings is 1. The highest BCUT2D eigenvalue weighted by molar-refractivity contribution is 5.91. The molecule has 5 heteroatoms. The summed E-state index contributed by atoms with van der Waals surface area (Å²) in [5.41, 5.74) is 2.39. The largest absolute Gasteiger partial charge is 0.334 e. The van der Waals surface area contributed by atoms with E-state index in [1.54, 1.807) is 0 Å². The highest BCUT2D eigenvalue weighted by atomic mass is 16.2. The molecule has 0 unspecified atom stereocenters. The number of aryl methyl sites for hydroxylation is 1. The van der Waals surface area contributed by atoms with E-state index >= 15 is 0 Å². The molecule has 3 fully saturated rings. The van der Waals surface area contributed by atoms with E-state index in [0.717, 1.165) is 44.9 Å². The van der Waals surface area contributed by atoms with Gasteiger partial charge in [-0.3, -0.25) is 14.4 Å². The number of rotatable bonds is 5. The lowest BCUT2D eigenvalue weighted by Crippen LogP contribution is -2.66. The predicted molar refractivity (Wildman–Crippen MR) is 104 cm³/mol. The average molecular weight is 364 g/mol. The van der Waals surface area contributed by atoms with Crippen molar-refractivity contribution in [2.24, 2.45) is 18.4 Å². The van der Waals surface area contributed by atoms with Crippen molar-refractivity contribution < 1.29 is 4.79 Å². The van der Waals surface area contributed by atoms with Gasteiger partial charge in [0.05, 0.1) is 17.7 Å². The van der Waals surface area contributed by atoms with E-state index in [0.29, 0.717) is 5.91 Å². The summed E-state index contributed by atoms with van der Waals surface area (Å²) in [4.78, 5) is 17.9. The molecule has 0 radical (unpaired) electrons. The van der Waals surface area contributed by atoms with Crippen molar-refractivity contribution in [3.05, 3.63) is 53.9 Å². The summed E-state index contributed by atoms with van der Waals surface area (Å²) in [7, 11) is 1.96. The minimum atomic E-state index is -0.179. The molecule has 1 atom stereocenters. The summed E-state index contributed by atoms with van der Waals surface area (Å²) in [6.45, 7) is 3.86. The first-order valence-electron chi connectivity index (χ1n) is 10.2. The van der Waals surface area contributed by atoms with Crippen molar-refractivity contribution in [2.45, 2.75) is 38.3 Å². The maximum absolute atomic E-state index is 13.2. The molecular formula is C22H28N4O. The standard InChI is InChI=1S/C22H28N4O/c1-24-14-18(13-23-24)15-25-11-9-22(10-12-25)20(19-5-3-2-4-6-19)26(21(22)27)16-17-7-8-17/h2-6,13-14,17,20H,7-12,15-16H2,1H3/t20-/m1/s1. The summed E-state index contributed by atoms with van der Waals surface area (Å²) in [6.07, 6.45) is 8.54. The molecular weight excluding hydrogens is 336 g/mol. The lowest BCUT2D eigenvalue weighted by Gasteiger charge is -2.59. The van der Waals surface area contributed by atoms with Crippen LogP contribution in [0.3, 0.4) is 0 Å². The van der Waals surface area contributed by atoms with Gasteiger partial charge in [0.25, 0.3) is 0 Å². The van der Waals surface area contributed by atoms with E-state index in [2.05, 4.69) is 51.4 Å². The molecule has 1 spiro atoms. The van der Waals surface area contributed by atoms with Crippen LogP contribution >= 0.6 is 0 Å². The fourth-order valence-corrected chi connectivity index (χ4v) is 5.06. The number of hydrogen-bond acceptors (Lipinski definition) is 3. The minimum absolute atomic E-state index is 0.179. The SMILES string of the molecule is Cn1cc(CN2CCC3(CC2)C(=O)N(CC2CC2)[C@@H]3c2ccccc2)cn1. The summed E-state index contributed by atoms with van der Waals surface area (Å²) in [5.74, 6) is 1.15. The monoisotopic (exact) mass is 364 g/mol. The molecule has 2 aromatic rings. The van der Waals surface area contributed by atoms with E-state index in [1.165, 1.54) is 24.0 Å². The van der Waals surface area contributed by atoms with Crippen LogP contribution in [0, 0.1) is 11.3 Å². The Balaban J connectivity index is 1.32. The van der Waals surface area contributed by atoms with E-state index in [1.807, 2.05) is 17.9 Å². The molecule has 1 aromatic carbocycles. The number of hydrogen-bond donors (Lipinski definition) is 0. The van der Waals surface area contributed by atoms with Gasteiger partial charge in [0, 0.05) is 31.9 Å². The molecule has 5 nitrogen and oxygen atoms in total. The van der Waals surface area contributed by atoms with Crippen molar-refractivity contribution in [2.75, 3.05) is 19.6 Å². The Bertz CT molecular complexity index is 818. The third-order valence-electron chi connectivity index (χ3n) is 6.70. The van der Waals surface area contributed by atoms with E-state index in [9.17, 15) is 4.79 Å². The first kappa shape index (κ1) is 17.0. The molecule has 1 amide bonds. The molecule has 5 rings (SSSR count). The number of nitrogens with zero attached hydrogens (tertiary/aromatic N) is 4. The van der Waals surface area contributed by atoms with Gasteiger partial charge in [-0.2, -0.15) is 5.10 Å².